The molecule has 1 aromatic heterocycles. The number of pyridine rings is 1. The summed E-state index contributed by atoms with van der Waals surface area (Å²) >= 11 is 0. The Kier molecular flexibility index (Phi) is 5.44. The van der Waals surface area contributed by atoms with Crippen LogP contribution < -0.4 is 0 Å². The van der Waals surface area contributed by atoms with Crippen molar-refractivity contribution in [1.29, 1.82) is 0 Å². The van der Waals surface area contributed by atoms with E-state index in [1.807, 2.05) is 18.5 Å². The van der Waals surface area contributed by atoms with E-state index in [-0.39, 0.29) is 0 Å². The van der Waals surface area contributed by atoms with Crippen LogP contribution in [0.5, 0.6) is 0 Å². The molecule has 1 fully saturated rings. The van der Waals surface area contributed by atoms with Gasteiger partial charge in [0.2, 0.25) is 5.91 Å². The molecule has 0 bridgehead atoms. The molecule has 2 heterocycles. The van der Waals surface area contributed by atoms with E-state index in [0.717, 1.165) is 45.4 Å². The molecule has 0 N–H and O–H groups in total. The molecule has 2 atom stereocenters. The van der Waals surface area contributed by atoms with Crippen LogP contribution in [0, 0.1) is 11.8 Å². The lowest BCUT2D eigenvalue weighted by Gasteiger charge is -2.22. The molecule has 2 aliphatic rings. The Hall–Kier alpha value is -1.68. The molecule has 0 aromatic carbocycles. The Morgan fingerprint density at radius 2 is 2.35 bits per heavy atom. The highest BCUT2D eigenvalue weighted by atomic mass is 16.2. The van der Waals surface area contributed by atoms with Crippen LogP contribution in [0.25, 0.3) is 0 Å². The summed E-state index contributed by atoms with van der Waals surface area (Å²) in [6, 6.07) is 4.10. The van der Waals surface area contributed by atoms with Crippen molar-refractivity contribution in [3.05, 3.63) is 42.2 Å². The van der Waals surface area contributed by atoms with Crippen molar-refractivity contribution in [1.82, 2.24) is 14.8 Å². The predicted octanol–water partition coefficient (Wildman–Crippen LogP) is 2.72. The number of amides is 1. The van der Waals surface area contributed by atoms with Crippen molar-refractivity contribution < 1.29 is 4.79 Å². The van der Waals surface area contributed by atoms with Crippen LogP contribution in [0.15, 0.2) is 36.7 Å². The van der Waals surface area contributed by atoms with Gasteiger partial charge in [0.05, 0.1) is 0 Å². The number of carbonyl (C=O) groups is 1. The summed E-state index contributed by atoms with van der Waals surface area (Å²) in [5, 5.41) is 0. The number of nitrogens with zero attached hydrogens (tertiary/aromatic N) is 3. The third-order valence-corrected chi connectivity index (χ3v) is 4.93. The van der Waals surface area contributed by atoms with E-state index in [9.17, 15) is 4.79 Å². The maximum absolute atomic E-state index is 12.4. The minimum absolute atomic E-state index is 0.346. The number of carbonyl (C=O) groups excluding carboxylic acids is 1. The second-order valence-electron chi connectivity index (χ2n) is 7.02. The lowest BCUT2D eigenvalue weighted by Crippen LogP contribution is -2.32. The second kappa shape index (κ2) is 7.73. The van der Waals surface area contributed by atoms with E-state index < -0.39 is 0 Å². The van der Waals surface area contributed by atoms with Gasteiger partial charge in [-0.2, -0.15) is 0 Å². The van der Waals surface area contributed by atoms with Crippen molar-refractivity contribution in [2.75, 3.05) is 26.7 Å². The number of rotatable bonds is 6. The van der Waals surface area contributed by atoms with Gasteiger partial charge in [0.15, 0.2) is 0 Å². The first kappa shape index (κ1) is 16.2. The standard InChI is InChI=1S/C19H27N3O/c1-21(13-17-7-4-9-20-12-17)14-18-8-10-22(15-18)19(23)11-16-5-2-3-6-16/h2,4-5,7,9,12,16,18H,3,6,8,10-11,13-15H2,1H3. The third kappa shape index (κ3) is 4.64. The Labute approximate surface area is 139 Å². The van der Waals surface area contributed by atoms with Crippen LogP contribution in [0.1, 0.15) is 31.2 Å². The minimum Gasteiger partial charge on any atom is -0.342 e. The van der Waals surface area contributed by atoms with Crippen molar-refractivity contribution in [3.63, 3.8) is 0 Å². The Morgan fingerprint density at radius 1 is 1.43 bits per heavy atom. The van der Waals surface area contributed by atoms with Crippen LogP contribution in [0.4, 0.5) is 0 Å². The summed E-state index contributed by atoms with van der Waals surface area (Å²) in [5.41, 5.74) is 1.24. The van der Waals surface area contributed by atoms with Crippen molar-refractivity contribution >= 4 is 5.91 Å². The number of aromatic nitrogens is 1. The van der Waals surface area contributed by atoms with Gasteiger partial charge in [-0.3, -0.25) is 9.78 Å². The Bertz CT molecular complexity index is 543. The van der Waals surface area contributed by atoms with Gasteiger partial charge >= 0.3 is 0 Å². The molecule has 3 rings (SSSR count). The first-order chi connectivity index (χ1) is 11.2. The van der Waals surface area contributed by atoms with Crippen LogP contribution in [-0.4, -0.2) is 47.4 Å². The number of hydrogen-bond donors (Lipinski definition) is 0. The van der Waals surface area contributed by atoms with Gasteiger partial charge in [-0.15, -0.1) is 0 Å². The van der Waals surface area contributed by atoms with Gasteiger partial charge in [-0.25, -0.2) is 0 Å². The molecule has 1 amide bonds. The fraction of sp³-hybridized carbons (Fsp3) is 0.579. The maximum atomic E-state index is 12.4. The number of likely N-dealkylation sites (tertiary alicyclic amines) is 1. The SMILES string of the molecule is CN(Cc1cccnc1)CC1CCN(C(=O)CC2C=CCC2)C1. The Morgan fingerprint density at radius 3 is 3.09 bits per heavy atom. The molecule has 1 aliphatic carbocycles. The fourth-order valence-corrected chi connectivity index (χ4v) is 3.74. The van der Waals surface area contributed by atoms with Crippen LogP contribution >= 0.6 is 0 Å². The van der Waals surface area contributed by atoms with Crippen molar-refractivity contribution in [2.45, 2.75) is 32.2 Å². The zero-order valence-electron chi connectivity index (χ0n) is 14.0. The summed E-state index contributed by atoms with van der Waals surface area (Å²) in [6.07, 6.45) is 12.3. The molecule has 0 saturated carbocycles. The summed E-state index contributed by atoms with van der Waals surface area (Å²) in [5.74, 6) is 1.42. The molecular weight excluding hydrogens is 286 g/mol. The normalized spacial score (nSPS) is 23.8. The number of hydrogen-bond acceptors (Lipinski definition) is 3. The van der Waals surface area contributed by atoms with Crippen LogP contribution in [0.2, 0.25) is 0 Å². The van der Waals surface area contributed by atoms with Crippen LogP contribution in [-0.2, 0) is 11.3 Å². The minimum atomic E-state index is 0.346. The smallest absolute Gasteiger partial charge is 0.223 e. The summed E-state index contributed by atoms with van der Waals surface area (Å²) in [6.45, 7) is 3.82. The van der Waals surface area contributed by atoms with E-state index in [1.165, 1.54) is 5.56 Å². The quantitative estimate of drug-likeness (QED) is 0.758. The van der Waals surface area contributed by atoms with Gasteiger partial charge in [0.1, 0.15) is 0 Å². The lowest BCUT2D eigenvalue weighted by molar-refractivity contribution is -0.131. The fourth-order valence-electron chi connectivity index (χ4n) is 3.74. The third-order valence-electron chi connectivity index (χ3n) is 4.93. The largest absolute Gasteiger partial charge is 0.342 e. The predicted molar refractivity (Wildman–Crippen MR) is 91.7 cm³/mol. The molecular formula is C19H27N3O. The van der Waals surface area contributed by atoms with E-state index in [0.29, 0.717) is 24.2 Å². The molecule has 4 heteroatoms. The molecule has 2 unspecified atom stereocenters. The number of allylic oxidation sites excluding steroid dienone is 2. The summed E-state index contributed by atoms with van der Waals surface area (Å²) in [4.78, 5) is 21.0. The average molecular weight is 313 g/mol. The van der Waals surface area contributed by atoms with E-state index in [1.54, 1.807) is 0 Å². The van der Waals surface area contributed by atoms with Crippen molar-refractivity contribution in [3.8, 4) is 0 Å². The van der Waals surface area contributed by atoms with Gasteiger partial charge in [0, 0.05) is 45.0 Å². The molecule has 23 heavy (non-hydrogen) atoms. The summed E-state index contributed by atoms with van der Waals surface area (Å²) < 4.78 is 0. The molecule has 0 spiro atoms. The maximum Gasteiger partial charge on any atom is 0.223 e. The average Bonchev–Trinajstić information content (AvgIpc) is 3.20. The molecule has 1 aliphatic heterocycles. The van der Waals surface area contributed by atoms with E-state index >= 15 is 0 Å². The van der Waals surface area contributed by atoms with E-state index in [4.69, 9.17) is 0 Å². The highest BCUT2D eigenvalue weighted by molar-refractivity contribution is 5.77. The molecule has 124 valence electrons. The molecule has 4 nitrogen and oxygen atoms in total. The molecule has 0 radical (unpaired) electrons. The van der Waals surface area contributed by atoms with Gasteiger partial charge < -0.3 is 9.80 Å². The van der Waals surface area contributed by atoms with Gasteiger partial charge in [0.25, 0.3) is 0 Å². The van der Waals surface area contributed by atoms with Crippen molar-refractivity contribution in [2.24, 2.45) is 11.8 Å². The second-order valence-corrected chi connectivity index (χ2v) is 7.02. The summed E-state index contributed by atoms with van der Waals surface area (Å²) in [7, 11) is 2.15. The van der Waals surface area contributed by atoms with Gasteiger partial charge in [-0.05, 0) is 49.8 Å². The highest BCUT2D eigenvalue weighted by Gasteiger charge is 2.28. The topological polar surface area (TPSA) is 36.4 Å². The molecule has 1 saturated heterocycles. The van der Waals surface area contributed by atoms with Crippen LogP contribution in [0.3, 0.4) is 0 Å². The van der Waals surface area contributed by atoms with Gasteiger partial charge in [-0.1, -0.05) is 18.2 Å². The highest BCUT2D eigenvalue weighted by Crippen LogP contribution is 2.24. The Balaban J connectivity index is 1.42. The first-order valence-corrected chi connectivity index (χ1v) is 8.72. The first-order valence-electron chi connectivity index (χ1n) is 8.72. The lowest BCUT2D eigenvalue weighted by atomic mass is 10.0. The monoisotopic (exact) mass is 313 g/mol. The zero-order chi connectivity index (χ0) is 16.1. The zero-order valence-corrected chi connectivity index (χ0v) is 14.0. The molecule has 1 aromatic rings. The van der Waals surface area contributed by atoms with E-state index in [2.05, 4.69) is 40.0 Å².